The lowest BCUT2D eigenvalue weighted by atomic mass is 9.84. The fourth-order valence-corrected chi connectivity index (χ4v) is 4.83. The molecule has 3 aliphatic heterocycles. The highest BCUT2D eigenvalue weighted by Crippen LogP contribution is 2.29. The van der Waals surface area contributed by atoms with Crippen molar-refractivity contribution in [3.8, 4) is 11.1 Å². The van der Waals surface area contributed by atoms with Crippen LogP contribution in [0, 0.1) is 5.92 Å². The van der Waals surface area contributed by atoms with Gasteiger partial charge in [0.1, 0.15) is 0 Å². The minimum Gasteiger partial charge on any atom is -0.346 e. The Kier molecular flexibility index (Phi) is 3.60. The summed E-state index contributed by atoms with van der Waals surface area (Å²) in [5.41, 5.74) is 3.70. The molecule has 25 heavy (non-hydrogen) atoms. The van der Waals surface area contributed by atoms with E-state index in [2.05, 4.69) is 49.4 Å². The van der Waals surface area contributed by atoms with Gasteiger partial charge in [-0.15, -0.1) is 0 Å². The minimum absolute atomic E-state index is 0.0625. The fourth-order valence-electron chi connectivity index (χ4n) is 4.16. The lowest BCUT2D eigenvalue weighted by molar-refractivity contribution is 0.0618. The van der Waals surface area contributed by atoms with E-state index in [0.717, 1.165) is 23.0 Å². The zero-order chi connectivity index (χ0) is 16.8. The van der Waals surface area contributed by atoms with E-state index in [1.807, 2.05) is 6.07 Å². The van der Waals surface area contributed by atoms with Crippen molar-refractivity contribution in [2.24, 2.45) is 5.92 Å². The van der Waals surface area contributed by atoms with Crippen molar-refractivity contribution in [2.75, 3.05) is 19.6 Å². The third-order valence-corrected chi connectivity index (χ3v) is 6.29. The number of fused-ring (bicyclic) bond motifs is 4. The molecule has 0 saturated carbocycles. The number of nitrogens with zero attached hydrogens (tertiary/aromatic N) is 2. The molecule has 128 valence electrons. The van der Waals surface area contributed by atoms with Gasteiger partial charge < -0.3 is 10.2 Å². The highest BCUT2D eigenvalue weighted by Gasteiger charge is 2.35. The summed E-state index contributed by atoms with van der Waals surface area (Å²) < 4.78 is 0. The molecular formula is C19H20N4OS. The Balaban J connectivity index is 1.44. The van der Waals surface area contributed by atoms with Gasteiger partial charge in [-0.2, -0.15) is 16.4 Å². The third-order valence-electron chi connectivity index (χ3n) is 5.61. The second-order valence-electron chi connectivity index (χ2n) is 7.06. The number of carbonyl (C=O) groups excluding carboxylic acids is 1. The quantitative estimate of drug-likeness (QED) is 0.761. The first kappa shape index (κ1) is 15.1. The van der Waals surface area contributed by atoms with Gasteiger partial charge in [0, 0.05) is 18.0 Å². The molecule has 2 N–H and O–H groups in total. The number of rotatable bonds is 3. The van der Waals surface area contributed by atoms with Crippen molar-refractivity contribution in [1.29, 1.82) is 0 Å². The molecule has 1 atom stereocenters. The summed E-state index contributed by atoms with van der Waals surface area (Å²) in [5.74, 6) is 0.549. The normalized spacial score (nSPS) is 25.4. The number of aromatic nitrogens is 2. The maximum absolute atomic E-state index is 12.9. The van der Waals surface area contributed by atoms with E-state index >= 15 is 0 Å². The zero-order valence-corrected chi connectivity index (χ0v) is 14.7. The van der Waals surface area contributed by atoms with E-state index in [1.54, 1.807) is 11.3 Å². The average molecular weight is 352 g/mol. The van der Waals surface area contributed by atoms with Crippen molar-refractivity contribution in [2.45, 2.75) is 18.9 Å². The number of benzene rings is 1. The topological polar surface area (TPSA) is 61.0 Å². The van der Waals surface area contributed by atoms with Crippen LogP contribution >= 0.6 is 11.3 Å². The molecule has 5 nitrogen and oxygen atoms in total. The summed E-state index contributed by atoms with van der Waals surface area (Å²) in [6, 6.07) is 8.48. The average Bonchev–Trinajstić information content (AvgIpc) is 3.32. The number of piperidine rings is 3. The second-order valence-corrected chi connectivity index (χ2v) is 7.84. The molecule has 0 spiro atoms. The zero-order valence-electron chi connectivity index (χ0n) is 13.9. The van der Waals surface area contributed by atoms with Crippen LogP contribution in [0.15, 0.2) is 35.0 Å². The van der Waals surface area contributed by atoms with Crippen molar-refractivity contribution < 1.29 is 4.79 Å². The van der Waals surface area contributed by atoms with Crippen LogP contribution in [-0.4, -0.2) is 46.7 Å². The van der Waals surface area contributed by atoms with Gasteiger partial charge in [0.2, 0.25) is 0 Å². The van der Waals surface area contributed by atoms with Gasteiger partial charge in [0.05, 0.1) is 5.52 Å². The predicted molar refractivity (Wildman–Crippen MR) is 99.8 cm³/mol. The molecule has 1 amide bonds. The first-order valence-corrected chi connectivity index (χ1v) is 9.76. The smallest absolute Gasteiger partial charge is 0.272 e. The summed E-state index contributed by atoms with van der Waals surface area (Å²) in [6.45, 7) is 3.32. The van der Waals surface area contributed by atoms with Crippen LogP contribution < -0.4 is 5.32 Å². The second kappa shape index (κ2) is 5.97. The first-order valence-electron chi connectivity index (χ1n) is 8.82. The molecule has 5 heterocycles. The molecule has 1 aromatic carbocycles. The van der Waals surface area contributed by atoms with Gasteiger partial charge in [0.15, 0.2) is 5.69 Å². The maximum atomic E-state index is 12.9. The number of carbonyl (C=O) groups is 1. The number of nitrogens with one attached hydrogen (secondary N) is 2. The SMILES string of the molecule is O=C(N[C@@H]1CN2CCC1CC2)c1n[nH]c2ccc(-c3ccsc3)cc12. The van der Waals surface area contributed by atoms with Crippen LogP contribution in [0.25, 0.3) is 22.0 Å². The minimum atomic E-state index is -0.0625. The van der Waals surface area contributed by atoms with Gasteiger partial charge in [-0.05, 0) is 71.9 Å². The molecule has 6 rings (SSSR count). The molecule has 2 bridgehead atoms. The lowest BCUT2D eigenvalue weighted by Gasteiger charge is -2.44. The standard InChI is InChI=1S/C19H20N4OS/c24-19(20-17-10-23-6-3-12(17)4-7-23)18-15-9-13(14-5-8-25-11-14)1-2-16(15)21-22-18/h1-2,5,8-9,11-12,17H,3-4,6-7,10H2,(H,20,24)(H,21,22)/t17-/m1/s1. The highest BCUT2D eigenvalue weighted by molar-refractivity contribution is 7.08. The molecular weight excluding hydrogens is 332 g/mol. The van der Waals surface area contributed by atoms with E-state index in [-0.39, 0.29) is 11.9 Å². The van der Waals surface area contributed by atoms with E-state index in [1.165, 1.54) is 31.5 Å². The molecule has 0 radical (unpaired) electrons. The first-order chi connectivity index (χ1) is 12.3. The molecule has 2 aromatic heterocycles. The number of amides is 1. The van der Waals surface area contributed by atoms with E-state index in [9.17, 15) is 4.79 Å². The molecule has 3 saturated heterocycles. The highest BCUT2D eigenvalue weighted by atomic mass is 32.1. The van der Waals surface area contributed by atoms with Gasteiger partial charge in [-0.3, -0.25) is 9.89 Å². The van der Waals surface area contributed by atoms with Crippen LogP contribution in [0.2, 0.25) is 0 Å². The van der Waals surface area contributed by atoms with Crippen LogP contribution in [0.4, 0.5) is 0 Å². The van der Waals surface area contributed by atoms with Crippen LogP contribution in [-0.2, 0) is 0 Å². The summed E-state index contributed by atoms with van der Waals surface area (Å²) in [6.07, 6.45) is 2.38. The maximum Gasteiger partial charge on any atom is 0.272 e. The summed E-state index contributed by atoms with van der Waals surface area (Å²) in [7, 11) is 0. The van der Waals surface area contributed by atoms with Crippen molar-refractivity contribution >= 4 is 28.1 Å². The molecule has 0 aliphatic carbocycles. The van der Waals surface area contributed by atoms with Crippen LogP contribution in [0.5, 0.6) is 0 Å². The molecule has 3 fully saturated rings. The van der Waals surface area contributed by atoms with Crippen molar-refractivity contribution in [3.05, 3.63) is 40.7 Å². The van der Waals surface area contributed by atoms with E-state index < -0.39 is 0 Å². The van der Waals surface area contributed by atoms with Crippen molar-refractivity contribution in [3.63, 3.8) is 0 Å². The predicted octanol–water partition coefficient (Wildman–Crippen LogP) is 3.12. The molecule has 6 heteroatoms. The van der Waals surface area contributed by atoms with E-state index in [0.29, 0.717) is 11.6 Å². The lowest BCUT2D eigenvalue weighted by Crippen LogP contribution is -2.57. The largest absolute Gasteiger partial charge is 0.346 e. The summed E-state index contributed by atoms with van der Waals surface area (Å²) in [5, 5.41) is 15.6. The number of aromatic amines is 1. The van der Waals surface area contributed by atoms with Gasteiger partial charge in [-0.1, -0.05) is 6.07 Å². The Morgan fingerprint density at radius 1 is 1.24 bits per heavy atom. The fraction of sp³-hybridized carbons (Fsp3) is 0.368. The number of hydrogen-bond donors (Lipinski definition) is 2. The van der Waals surface area contributed by atoms with Gasteiger partial charge in [-0.25, -0.2) is 0 Å². The Morgan fingerprint density at radius 2 is 2.12 bits per heavy atom. The number of H-pyrrole nitrogens is 1. The number of thiophene rings is 1. The Labute approximate surface area is 150 Å². The Morgan fingerprint density at radius 3 is 2.84 bits per heavy atom. The number of hydrogen-bond acceptors (Lipinski definition) is 4. The van der Waals surface area contributed by atoms with Gasteiger partial charge in [0.25, 0.3) is 5.91 Å². The van der Waals surface area contributed by atoms with Gasteiger partial charge >= 0.3 is 0 Å². The third kappa shape index (κ3) is 2.65. The van der Waals surface area contributed by atoms with Crippen LogP contribution in [0.3, 0.4) is 0 Å². The molecule has 3 aliphatic rings. The molecule has 3 aromatic rings. The molecule has 0 unspecified atom stereocenters. The van der Waals surface area contributed by atoms with E-state index in [4.69, 9.17) is 0 Å². The summed E-state index contributed by atoms with van der Waals surface area (Å²) >= 11 is 1.68. The Bertz CT molecular complexity index is 909. The van der Waals surface area contributed by atoms with Crippen molar-refractivity contribution in [1.82, 2.24) is 20.4 Å². The Hall–Kier alpha value is -2.18. The summed E-state index contributed by atoms with van der Waals surface area (Å²) in [4.78, 5) is 15.3. The van der Waals surface area contributed by atoms with Crippen LogP contribution in [0.1, 0.15) is 23.3 Å². The monoisotopic (exact) mass is 352 g/mol.